The molecule has 2 amide bonds. The van der Waals surface area contributed by atoms with Crippen LogP contribution in [0.4, 0.5) is 10.5 Å². The molecule has 15 heavy (non-hydrogen) atoms. The van der Waals surface area contributed by atoms with Crippen LogP contribution in [-0.2, 0) is 6.54 Å². The second-order valence-electron chi connectivity index (χ2n) is 2.75. The molecule has 0 aliphatic carbocycles. The highest BCUT2D eigenvalue weighted by molar-refractivity contribution is 6.31. The predicted molar refractivity (Wildman–Crippen MR) is 54.5 cm³/mol. The number of carbonyl (C=O) groups is 1. The van der Waals surface area contributed by atoms with E-state index in [0.29, 0.717) is 5.56 Å². The Morgan fingerprint density at radius 3 is 2.73 bits per heavy atom. The zero-order valence-electron chi connectivity index (χ0n) is 7.57. The molecular formula is C8H8ClN3O3. The Morgan fingerprint density at radius 2 is 2.27 bits per heavy atom. The molecule has 1 aromatic carbocycles. The molecule has 0 saturated heterocycles. The van der Waals surface area contributed by atoms with E-state index in [2.05, 4.69) is 5.32 Å². The van der Waals surface area contributed by atoms with Gasteiger partial charge in [-0.05, 0) is 11.6 Å². The number of hydrogen-bond acceptors (Lipinski definition) is 3. The Morgan fingerprint density at radius 1 is 1.60 bits per heavy atom. The standard InChI is InChI=1S/C8H8ClN3O3/c9-7-3-6(12(14)15)2-1-5(7)4-11-8(10)13/h1-3H,4H2,(H3,10,11,13). The fraction of sp³-hybridized carbons (Fsp3) is 0.125. The average Bonchev–Trinajstić information content (AvgIpc) is 2.15. The number of nitro benzene ring substituents is 1. The van der Waals surface area contributed by atoms with Crippen LogP contribution >= 0.6 is 11.6 Å². The van der Waals surface area contributed by atoms with Gasteiger partial charge in [-0.2, -0.15) is 0 Å². The van der Waals surface area contributed by atoms with Crippen molar-refractivity contribution in [1.29, 1.82) is 0 Å². The van der Waals surface area contributed by atoms with E-state index in [-0.39, 0.29) is 17.3 Å². The van der Waals surface area contributed by atoms with Gasteiger partial charge in [0.2, 0.25) is 0 Å². The van der Waals surface area contributed by atoms with Crippen molar-refractivity contribution in [3.05, 3.63) is 38.9 Å². The lowest BCUT2D eigenvalue weighted by molar-refractivity contribution is -0.384. The lowest BCUT2D eigenvalue weighted by Gasteiger charge is -2.04. The molecule has 0 atom stereocenters. The fourth-order valence-corrected chi connectivity index (χ4v) is 1.22. The lowest BCUT2D eigenvalue weighted by atomic mass is 10.2. The number of carbonyl (C=O) groups excluding carboxylic acids is 1. The molecule has 6 nitrogen and oxygen atoms in total. The van der Waals surface area contributed by atoms with Crippen molar-refractivity contribution in [3.63, 3.8) is 0 Å². The van der Waals surface area contributed by atoms with Crippen molar-refractivity contribution >= 4 is 23.3 Å². The molecule has 0 aromatic heterocycles. The summed E-state index contributed by atoms with van der Waals surface area (Å²) in [5, 5.41) is 12.9. The quantitative estimate of drug-likeness (QED) is 0.606. The van der Waals surface area contributed by atoms with E-state index < -0.39 is 11.0 Å². The number of halogens is 1. The first-order chi connectivity index (χ1) is 7.00. The van der Waals surface area contributed by atoms with Crippen LogP contribution in [-0.4, -0.2) is 11.0 Å². The summed E-state index contributed by atoms with van der Waals surface area (Å²) in [7, 11) is 0. The summed E-state index contributed by atoms with van der Waals surface area (Å²) in [5.74, 6) is 0. The number of urea groups is 1. The first kappa shape index (κ1) is 11.3. The number of non-ortho nitro benzene ring substituents is 1. The van der Waals surface area contributed by atoms with Gasteiger partial charge in [0, 0.05) is 18.7 Å². The smallest absolute Gasteiger partial charge is 0.312 e. The topological polar surface area (TPSA) is 98.3 Å². The maximum absolute atomic E-state index is 10.4. The Labute approximate surface area is 90.2 Å². The Hall–Kier alpha value is -1.82. The third kappa shape index (κ3) is 3.10. The molecule has 0 spiro atoms. The highest BCUT2D eigenvalue weighted by atomic mass is 35.5. The first-order valence-electron chi connectivity index (χ1n) is 3.97. The summed E-state index contributed by atoms with van der Waals surface area (Å²) in [6.07, 6.45) is 0. The van der Waals surface area contributed by atoms with Gasteiger partial charge in [0.25, 0.3) is 5.69 Å². The van der Waals surface area contributed by atoms with E-state index in [1.807, 2.05) is 0 Å². The molecule has 0 heterocycles. The summed E-state index contributed by atoms with van der Waals surface area (Å²) in [5.41, 5.74) is 5.34. The van der Waals surface area contributed by atoms with Crippen LogP contribution in [0.5, 0.6) is 0 Å². The van der Waals surface area contributed by atoms with E-state index >= 15 is 0 Å². The summed E-state index contributed by atoms with van der Waals surface area (Å²) >= 11 is 5.76. The largest absolute Gasteiger partial charge is 0.352 e. The second kappa shape index (κ2) is 4.61. The van der Waals surface area contributed by atoms with Crippen molar-refractivity contribution in [2.24, 2.45) is 5.73 Å². The maximum atomic E-state index is 10.4. The highest BCUT2D eigenvalue weighted by Gasteiger charge is 2.09. The third-order valence-corrected chi connectivity index (χ3v) is 2.05. The van der Waals surface area contributed by atoms with Crippen molar-refractivity contribution in [3.8, 4) is 0 Å². The van der Waals surface area contributed by atoms with Crippen LogP contribution in [0.25, 0.3) is 0 Å². The number of rotatable bonds is 3. The molecule has 3 N–H and O–H groups in total. The zero-order valence-corrected chi connectivity index (χ0v) is 8.32. The average molecular weight is 230 g/mol. The zero-order chi connectivity index (χ0) is 11.4. The van der Waals surface area contributed by atoms with Gasteiger partial charge in [0.05, 0.1) is 9.95 Å². The minimum atomic E-state index is -0.676. The molecule has 0 radical (unpaired) electrons. The molecule has 1 aromatic rings. The van der Waals surface area contributed by atoms with Gasteiger partial charge in [-0.1, -0.05) is 11.6 Å². The molecule has 7 heteroatoms. The number of nitro groups is 1. The van der Waals surface area contributed by atoms with Gasteiger partial charge < -0.3 is 11.1 Å². The first-order valence-corrected chi connectivity index (χ1v) is 4.34. The SMILES string of the molecule is NC(=O)NCc1ccc([N+](=O)[O-])cc1Cl. The number of nitrogens with two attached hydrogens (primary N) is 1. The second-order valence-corrected chi connectivity index (χ2v) is 3.16. The molecule has 1 rings (SSSR count). The van der Waals surface area contributed by atoms with Crippen molar-refractivity contribution in [2.45, 2.75) is 6.54 Å². The molecule has 0 unspecified atom stereocenters. The van der Waals surface area contributed by atoms with Crippen molar-refractivity contribution in [2.75, 3.05) is 0 Å². The number of hydrogen-bond donors (Lipinski definition) is 2. The third-order valence-electron chi connectivity index (χ3n) is 1.70. The van der Waals surface area contributed by atoms with Gasteiger partial charge in [0.1, 0.15) is 0 Å². The molecule has 0 aliphatic rings. The van der Waals surface area contributed by atoms with Crippen LogP contribution in [0.3, 0.4) is 0 Å². The lowest BCUT2D eigenvalue weighted by Crippen LogP contribution is -2.28. The van der Waals surface area contributed by atoms with Gasteiger partial charge >= 0.3 is 6.03 Å². The van der Waals surface area contributed by atoms with Gasteiger partial charge in [-0.15, -0.1) is 0 Å². The van der Waals surface area contributed by atoms with Crippen LogP contribution in [0, 0.1) is 10.1 Å². The van der Waals surface area contributed by atoms with Crippen LogP contribution in [0.15, 0.2) is 18.2 Å². The number of amides is 2. The molecule has 0 bridgehead atoms. The van der Waals surface area contributed by atoms with Crippen molar-refractivity contribution in [1.82, 2.24) is 5.32 Å². The van der Waals surface area contributed by atoms with Crippen LogP contribution < -0.4 is 11.1 Å². The summed E-state index contributed by atoms with van der Waals surface area (Å²) in [6.45, 7) is 0.145. The number of nitrogens with one attached hydrogen (secondary N) is 1. The fourth-order valence-electron chi connectivity index (χ4n) is 0.975. The molecule has 0 fully saturated rings. The van der Waals surface area contributed by atoms with Gasteiger partial charge in [0.15, 0.2) is 0 Å². The highest BCUT2D eigenvalue weighted by Crippen LogP contribution is 2.22. The van der Waals surface area contributed by atoms with E-state index in [4.69, 9.17) is 17.3 Å². The van der Waals surface area contributed by atoms with E-state index in [1.54, 1.807) is 0 Å². The van der Waals surface area contributed by atoms with E-state index in [0.717, 1.165) is 0 Å². The number of benzene rings is 1. The summed E-state index contributed by atoms with van der Waals surface area (Å²) in [6, 6.07) is 3.32. The predicted octanol–water partition coefficient (Wildman–Crippen LogP) is 1.42. The van der Waals surface area contributed by atoms with Gasteiger partial charge in [-0.25, -0.2) is 4.79 Å². The van der Waals surface area contributed by atoms with Crippen molar-refractivity contribution < 1.29 is 9.72 Å². The van der Waals surface area contributed by atoms with E-state index in [9.17, 15) is 14.9 Å². The summed E-state index contributed by atoms with van der Waals surface area (Å²) < 4.78 is 0. The Bertz CT molecular complexity index is 408. The minimum Gasteiger partial charge on any atom is -0.352 e. The molecular weight excluding hydrogens is 222 g/mol. The van der Waals surface area contributed by atoms with Crippen LogP contribution in [0.1, 0.15) is 5.56 Å². The number of primary amides is 1. The Balaban J connectivity index is 2.83. The monoisotopic (exact) mass is 229 g/mol. The van der Waals surface area contributed by atoms with Crippen LogP contribution in [0.2, 0.25) is 5.02 Å². The maximum Gasteiger partial charge on any atom is 0.312 e. The molecule has 80 valence electrons. The van der Waals surface area contributed by atoms with E-state index in [1.165, 1.54) is 18.2 Å². The minimum absolute atomic E-state index is 0.0946. The Kier molecular flexibility index (Phi) is 3.46. The number of nitrogens with zero attached hydrogens (tertiary/aromatic N) is 1. The van der Waals surface area contributed by atoms with Gasteiger partial charge in [-0.3, -0.25) is 10.1 Å². The summed E-state index contributed by atoms with van der Waals surface area (Å²) in [4.78, 5) is 20.3. The molecule has 0 saturated carbocycles. The normalized spacial score (nSPS) is 9.67. The molecule has 0 aliphatic heterocycles.